The van der Waals surface area contributed by atoms with Crippen LogP contribution >= 0.6 is 11.8 Å². The minimum atomic E-state index is -0.237. The lowest BCUT2D eigenvalue weighted by Gasteiger charge is -2.07. The van der Waals surface area contributed by atoms with E-state index in [9.17, 15) is 4.79 Å². The minimum absolute atomic E-state index is 0.114. The number of methoxy groups -OCH3 is 2. The van der Waals surface area contributed by atoms with E-state index in [1.54, 1.807) is 32.4 Å². The van der Waals surface area contributed by atoms with E-state index < -0.39 is 0 Å². The maximum Gasteiger partial charge on any atom is 0.289 e. The van der Waals surface area contributed by atoms with Crippen molar-refractivity contribution < 1.29 is 14.3 Å². The van der Waals surface area contributed by atoms with Crippen molar-refractivity contribution in [3.63, 3.8) is 0 Å². The van der Waals surface area contributed by atoms with E-state index in [1.807, 2.05) is 6.07 Å². The number of hydrogen-bond donors (Lipinski definition) is 2. The summed E-state index contributed by atoms with van der Waals surface area (Å²) in [7, 11) is 3.14. The highest BCUT2D eigenvalue weighted by Crippen LogP contribution is 2.31. The van der Waals surface area contributed by atoms with Gasteiger partial charge in [-0.05, 0) is 30.0 Å². The third kappa shape index (κ3) is 2.48. The van der Waals surface area contributed by atoms with E-state index in [4.69, 9.17) is 14.9 Å². The van der Waals surface area contributed by atoms with Crippen molar-refractivity contribution >= 4 is 28.9 Å². The van der Waals surface area contributed by atoms with Crippen LogP contribution in [0.4, 0.5) is 4.79 Å². The summed E-state index contributed by atoms with van der Waals surface area (Å²) in [5, 5.41) is 9.79. The molecule has 1 aliphatic heterocycles. The lowest BCUT2D eigenvalue weighted by molar-refractivity contribution is 0.265. The Labute approximate surface area is 109 Å². The Morgan fingerprint density at radius 3 is 2.67 bits per heavy atom. The number of amides is 1. The van der Waals surface area contributed by atoms with Crippen LogP contribution in [-0.4, -0.2) is 25.3 Å². The fourth-order valence-corrected chi connectivity index (χ4v) is 2.21. The lowest BCUT2D eigenvalue weighted by atomic mass is 10.1. The maximum absolute atomic E-state index is 11.1. The monoisotopic (exact) mass is 264 g/mol. The van der Waals surface area contributed by atoms with E-state index in [0.29, 0.717) is 16.4 Å². The highest BCUT2D eigenvalue weighted by molar-refractivity contribution is 8.18. The zero-order valence-corrected chi connectivity index (χ0v) is 10.8. The topological polar surface area (TPSA) is 71.4 Å². The number of amidine groups is 1. The van der Waals surface area contributed by atoms with Crippen LogP contribution in [-0.2, 0) is 0 Å². The SMILES string of the molecule is COc1ccc(/C=C2\SC(=O)NC2=N)c(OC)c1. The maximum atomic E-state index is 11.1. The highest BCUT2D eigenvalue weighted by Gasteiger charge is 2.22. The Balaban J connectivity index is 2.37. The molecule has 2 N–H and O–H groups in total. The number of nitrogens with one attached hydrogen (secondary N) is 2. The second-order valence-corrected chi connectivity index (χ2v) is 4.52. The van der Waals surface area contributed by atoms with Crippen LogP contribution in [0.5, 0.6) is 11.5 Å². The Morgan fingerprint density at radius 2 is 2.11 bits per heavy atom. The molecule has 1 aromatic rings. The normalized spacial score (nSPS) is 16.9. The van der Waals surface area contributed by atoms with Crippen molar-refractivity contribution in [1.29, 1.82) is 5.41 Å². The molecule has 1 heterocycles. The molecule has 0 unspecified atom stereocenters. The van der Waals surface area contributed by atoms with Crippen molar-refractivity contribution in [2.24, 2.45) is 0 Å². The number of ether oxygens (including phenoxy) is 2. The second kappa shape index (κ2) is 5.14. The molecule has 18 heavy (non-hydrogen) atoms. The van der Waals surface area contributed by atoms with Gasteiger partial charge in [-0.2, -0.15) is 0 Å². The second-order valence-electron chi connectivity index (χ2n) is 3.51. The molecule has 0 saturated carbocycles. The third-order valence-corrected chi connectivity index (χ3v) is 3.23. The first kappa shape index (κ1) is 12.5. The average Bonchev–Trinajstić information content (AvgIpc) is 2.68. The van der Waals surface area contributed by atoms with Crippen molar-refractivity contribution in [3.8, 4) is 11.5 Å². The average molecular weight is 264 g/mol. The molecule has 0 bridgehead atoms. The van der Waals surface area contributed by atoms with Crippen LogP contribution in [0, 0.1) is 5.41 Å². The van der Waals surface area contributed by atoms with Gasteiger partial charge in [-0.15, -0.1) is 0 Å². The van der Waals surface area contributed by atoms with Gasteiger partial charge in [0.05, 0.1) is 19.1 Å². The molecule has 2 rings (SSSR count). The molecule has 0 atom stereocenters. The molecule has 5 nitrogen and oxygen atoms in total. The van der Waals surface area contributed by atoms with Crippen LogP contribution in [0.1, 0.15) is 5.56 Å². The number of thioether (sulfide) groups is 1. The fraction of sp³-hybridized carbons (Fsp3) is 0.167. The van der Waals surface area contributed by atoms with Crippen molar-refractivity contribution in [2.45, 2.75) is 0 Å². The Hall–Kier alpha value is -1.95. The summed E-state index contributed by atoms with van der Waals surface area (Å²) in [4.78, 5) is 11.7. The fourth-order valence-electron chi connectivity index (χ4n) is 1.52. The van der Waals surface area contributed by atoms with Gasteiger partial charge < -0.3 is 14.8 Å². The molecule has 1 amide bonds. The first-order valence-corrected chi connectivity index (χ1v) is 5.97. The van der Waals surface area contributed by atoms with Gasteiger partial charge >= 0.3 is 0 Å². The number of hydrogen-bond acceptors (Lipinski definition) is 5. The van der Waals surface area contributed by atoms with Gasteiger partial charge in [-0.1, -0.05) is 0 Å². The molecule has 0 radical (unpaired) electrons. The van der Waals surface area contributed by atoms with Gasteiger partial charge in [0.25, 0.3) is 5.24 Å². The first-order valence-electron chi connectivity index (χ1n) is 5.15. The quantitative estimate of drug-likeness (QED) is 0.879. The third-order valence-electron chi connectivity index (χ3n) is 2.40. The summed E-state index contributed by atoms with van der Waals surface area (Å²) in [6.45, 7) is 0. The summed E-state index contributed by atoms with van der Waals surface area (Å²) in [6, 6.07) is 5.37. The lowest BCUT2D eigenvalue weighted by Crippen LogP contribution is -2.17. The van der Waals surface area contributed by atoms with Gasteiger partial charge in [0.2, 0.25) is 0 Å². The number of rotatable bonds is 3. The van der Waals surface area contributed by atoms with Crippen LogP contribution in [0.15, 0.2) is 23.1 Å². The number of carbonyl (C=O) groups excluding carboxylic acids is 1. The molecule has 1 aromatic carbocycles. The zero-order valence-electron chi connectivity index (χ0n) is 9.94. The molecule has 6 heteroatoms. The number of carbonyl (C=O) groups is 1. The Bertz CT molecular complexity index is 540. The van der Waals surface area contributed by atoms with Gasteiger partial charge in [0.15, 0.2) is 0 Å². The summed E-state index contributed by atoms with van der Waals surface area (Å²) in [6.07, 6.45) is 1.74. The molecule has 94 valence electrons. The minimum Gasteiger partial charge on any atom is -0.497 e. The van der Waals surface area contributed by atoms with Crippen LogP contribution in [0.3, 0.4) is 0 Å². The molecule has 1 saturated heterocycles. The smallest absolute Gasteiger partial charge is 0.289 e. The van der Waals surface area contributed by atoms with Gasteiger partial charge in [0.1, 0.15) is 17.3 Å². The van der Waals surface area contributed by atoms with Crippen molar-refractivity contribution in [2.75, 3.05) is 14.2 Å². The summed E-state index contributed by atoms with van der Waals surface area (Å²) in [5.74, 6) is 1.44. The molecular weight excluding hydrogens is 252 g/mol. The predicted octanol–water partition coefficient (Wildman–Crippen LogP) is 2.48. The first-order chi connectivity index (χ1) is 8.63. The van der Waals surface area contributed by atoms with Crippen LogP contribution in [0.25, 0.3) is 6.08 Å². The molecule has 0 aliphatic carbocycles. The summed E-state index contributed by atoms with van der Waals surface area (Å²) >= 11 is 0.997. The highest BCUT2D eigenvalue weighted by atomic mass is 32.2. The van der Waals surface area contributed by atoms with E-state index in [-0.39, 0.29) is 11.1 Å². The summed E-state index contributed by atoms with van der Waals surface area (Å²) < 4.78 is 10.4. The summed E-state index contributed by atoms with van der Waals surface area (Å²) in [5.41, 5.74) is 0.794. The molecule has 1 fully saturated rings. The number of benzene rings is 1. The van der Waals surface area contributed by atoms with E-state index in [0.717, 1.165) is 17.3 Å². The van der Waals surface area contributed by atoms with Gasteiger partial charge in [-0.3, -0.25) is 10.2 Å². The largest absolute Gasteiger partial charge is 0.497 e. The molecular formula is C12H12N2O3S. The van der Waals surface area contributed by atoms with Gasteiger partial charge in [-0.25, -0.2) is 0 Å². The van der Waals surface area contributed by atoms with Crippen LogP contribution in [0.2, 0.25) is 0 Å². The molecule has 1 aliphatic rings. The van der Waals surface area contributed by atoms with E-state index in [2.05, 4.69) is 5.32 Å². The Kier molecular flexibility index (Phi) is 3.57. The van der Waals surface area contributed by atoms with E-state index >= 15 is 0 Å². The predicted molar refractivity (Wildman–Crippen MR) is 71.4 cm³/mol. The van der Waals surface area contributed by atoms with Gasteiger partial charge in [0, 0.05) is 11.6 Å². The molecule has 0 spiro atoms. The zero-order chi connectivity index (χ0) is 13.1. The van der Waals surface area contributed by atoms with E-state index in [1.165, 1.54) is 0 Å². The van der Waals surface area contributed by atoms with Crippen molar-refractivity contribution in [3.05, 3.63) is 28.7 Å². The standard InChI is InChI=1S/C12H12N2O3S/c1-16-8-4-3-7(9(6-8)17-2)5-10-11(13)14-12(15)18-10/h3-6H,1-2H3,(H2,13,14,15)/b10-5-. The molecule has 0 aromatic heterocycles. The Morgan fingerprint density at radius 1 is 1.33 bits per heavy atom. The van der Waals surface area contributed by atoms with Crippen LogP contribution < -0.4 is 14.8 Å². The van der Waals surface area contributed by atoms with Crippen molar-refractivity contribution in [1.82, 2.24) is 5.32 Å².